The van der Waals surface area contributed by atoms with Crippen molar-refractivity contribution in [3.8, 4) is 0 Å². The van der Waals surface area contributed by atoms with E-state index in [9.17, 15) is 18.0 Å². The highest BCUT2D eigenvalue weighted by molar-refractivity contribution is 7.91. The van der Waals surface area contributed by atoms with Crippen LogP contribution in [0.2, 0.25) is 0 Å². The molecule has 0 N–H and O–H groups in total. The number of ketones is 2. The number of sulfone groups is 1. The third-order valence-electron chi connectivity index (χ3n) is 4.15. The predicted octanol–water partition coefficient (Wildman–Crippen LogP) is 3.89. The molecular formula is C22H22O4S. The summed E-state index contributed by atoms with van der Waals surface area (Å²) in [6.45, 7) is 10.5. The zero-order valence-corrected chi connectivity index (χ0v) is 16.3. The first-order chi connectivity index (χ1) is 12.6. The quantitative estimate of drug-likeness (QED) is 0.650. The highest BCUT2D eigenvalue weighted by atomic mass is 32.2. The molecule has 0 unspecified atom stereocenters. The molecule has 0 aliphatic rings. The molecule has 0 radical (unpaired) electrons. The maximum atomic E-state index is 12.8. The molecule has 0 aliphatic heterocycles. The van der Waals surface area contributed by atoms with Crippen molar-refractivity contribution in [1.82, 2.24) is 0 Å². The first kappa shape index (κ1) is 20.5. The van der Waals surface area contributed by atoms with Crippen molar-refractivity contribution in [2.75, 3.05) is 0 Å². The summed E-state index contributed by atoms with van der Waals surface area (Å²) in [4.78, 5) is 23.7. The molecule has 2 aromatic rings. The van der Waals surface area contributed by atoms with Crippen LogP contribution in [0.25, 0.3) is 0 Å². The summed E-state index contributed by atoms with van der Waals surface area (Å²) in [5.41, 5.74) is 2.40. The minimum absolute atomic E-state index is 0.0782. The van der Waals surface area contributed by atoms with E-state index in [1.165, 1.54) is 24.3 Å². The van der Waals surface area contributed by atoms with Crippen molar-refractivity contribution in [2.24, 2.45) is 0 Å². The molecule has 0 aliphatic carbocycles. The smallest absolute Gasteiger partial charge is 0.206 e. The number of hydrogen-bond acceptors (Lipinski definition) is 4. The van der Waals surface area contributed by atoms with Crippen LogP contribution < -0.4 is 0 Å². The Balaban J connectivity index is 2.20. The number of allylic oxidation sites excluding steroid dienone is 2. The van der Waals surface area contributed by atoms with E-state index >= 15 is 0 Å². The van der Waals surface area contributed by atoms with Gasteiger partial charge in [0.25, 0.3) is 0 Å². The number of benzene rings is 2. The van der Waals surface area contributed by atoms with Crippen LogP contribution in [0.15, 0.2) is 82.6 Å². The van der Waals surface area contributed by atoms with Gasteiger partial charge < -0.3 is 0 Å². The summed E-state index contributed by atoms with van der Waals surface area (Å²) < 4.78 is 25.5. The highest BCUT2D eigenvalue weighted by Gasteiger charge is 2.18. The van der Waals surface area contributed by atoms with Crippen LogP contribution in [0.4, 0.5) is 0 Å². The normalized spacial score (nSPS) is 11.0. The van der Waals surface area contributed by atoms with Crippen molar-refractivity contribution in [1.29, 1.82) is 0 Å². The van der Waals surface area contributed by atoms with Crippen LogP contribution in [0.1, 0.15) is 25.0 Å². The second-order valence-electron chi connectivity index (χ2n) is 6.55. The summed E-state index contributed by atoms with van der Waals surface area (Å²) >= 11 is 0. The van der Waals surface area contributed by atoms with Crippen LogP contribution in [0.3, 0.4) is 0 Å². The number of carbonyl (C=O) groups excluding carboxylic acids is 2. The lowest BCUT2D eigenvalue weighted by molar-refractivity contribution is -0.115. The topological polar surface area (TPSA) is 68.3 Å². The summed E-state index contributed by atoms with van der Waals surface area (Å²) in [5, 5.41) is 0. The minimum Gasteiger partial charge on any atom is -0.294 e. The van der Waals surface area contributed by atoms with Crippen molar-refractivity contribution < 1.29 is 18.0 Å². The maximum Gasteiger partial charge on any atom is 0.206 e. The lowest BCUT2D eigenvalue weighted by atomic mass is 10.1. The van der Waals surface area contributed by atoms with Gasteiger partial charge in [0.2, 0.25) is 9.84 Å². The number of carbonyl (C=O) groups is 2. The van der Waals surface area contributed by atoms with E-state index in [2.05, 4.69) is 13.2 Å². The Morgan fingerprint density at radius 3 is 1.26 bits per heavy atom. The van der Waals surface area contributed by atoms with Crippen molar-refractivity contribution in [3.05, 3.63) is 84.0 Å². The fourth-order valence-electron chi connectivity index (χ4n) is 2.38. The summed E-state index contributed by atoms with van der Waals surface area (Å²) in [7, 11) is -3.67. The molecule has 0 fully saturated rings. The predicted molar refractivity (Wildman–Crippen MR) is 105 cm³/mol. The van der Waals surface area contributed by atoms with Crippen LogP contribution >= 0.6 is 0 Å². The number of hydrogen-bond donors (Lipinski definition) is 0. The Morgan fingerprint density at radius 2 is 1.00 bits per heavy atom. The lowest BCUT2D eigenvalue weighted by Gasteiger charge is -2.07. The van der Waals surface area contributed by atoms with Gasteiger partial charge in [-0.2, -0.15) is 0 Å². The monoisotopic (exact) mass is 382 g/mol. The Hall–Kier alpha value is -2.79. The van der Waals surface area contributed by atoms with E-state index in [0.29, 0.717) is 11.1 Å². The molecule has 2 rings (SSSR count). The Kier molecular flexibility index (Phi) is 6.28. The van der Waals surface area contributed by atoms with E-state index in [4.69, 9.17) is 0 Å². The van der Waals surface area contributed by atoms with E-state index in [1.807, 2.05) is 0 Å². The van der Waals surface area contributed by atoms with E-state index in [-0.39, 0.29) is 34.2 Å². The van der Waals surface area contributed by atoms with Gasteiger partial charge in [-0.1, -0.05) is 37.4 Å². The van der Waals surface area contributed by atoms with Crippen LogP contribution in [-0.2, 0) is 32.3 Å². The second-order valence-corrected chi connectivity index (χ2v) is 8.50. The van der Waals surface area contributed by atoms with Gasteiger partial charge in [-0.3, -0.25) is 9.59 Å². The molecule has 0 spiro atoms. The molecule has 0 saturated carbocycles. The molecule has 0 bridgehead atoms. The zero-order valence-electron chi connectivity index (χ0n) is 15.5. The van der Waals surface area contributed by atoms with Crippen molar-refractivity contribution in [2.45, 2.75) is 36.5 Å². The lowest BCUT2D eigenvalue weighted by Crippen LogP contribution is -2.06. The van der Waals surface area contributed by atoms with Crippen LogP contribution in [0, 0.1) is 0 Å². The fourth-order valence-corrected chi connectivity index (χ4v) is 3.64. The molecule has 2 aromatic carbocycles. The van der Waals surface area contributed by atoms with Gasteiger partial charge in [-0.25, -0.2) is 8.42 Å². The molecule has 140 valence electrons. The Labute approximate surface area is 160 Å². The second kappa shape index (κ2) is 8.27. The van der Waals surface area contributed by atoms with Gasteiger partial charge in [0.1, 0.15) is 0 Å². The largest absolute Gasteiger partial charge is 0.294 e. The van der Waals surface area contributed by atoms with Gasteiger partial charge in [0, 0.05) is 12.8 Å². The Bertz CT molecular complexity index is 918. The van der Waals surface area contributed by atoms with Crippen LogP contribution in [0.5, 0.6) is 0 Å². The third kappa shape index (κ3) is 5.11. The molecule has 5 heteroatoms. The van der Waals surface area contributed by atoms with Gasteiger partial charge in [0.05, 0.1) is 9.79 Å². The van der Waals surface area contributed by atoms with Crippen molar-refractivity contribution in [3.63, 3.8) is 0 Å². The summed E-state index contributed by atoms with van der Waals surface area (Å²) in [5.74, 6) is -0.156. The molecule has 0 atom stereocenters. The summed E-state index contributed by atoms with van der Waals surface area (Å²) in [6, 6.07) is 12.5. The molecule has 4 nitrogen and oxygen atoms in total. The zero-order chi connectivity index (χ0) is 20.2. The van der Waals surface area contributed by atoms with Gasteiger partial charge in [0.15, 0.2) is 11.6 Å². The maximum absolute atomic E-state index is 12.8. The number of rotatable bonds is 8. The first-order valence-corrected chi connectivity index (χ1v) is 9.90. The average molecular weight is 382 g/mol. The molecule has 0 aromatic heterocycles. The highest BCUT2D eigenvalue weighted by Crippen LogP contribution is 2.22. The van der Waals surface area contributed by atoms with E-state index in [0.717, 1.165) is 11.1 Å². The average Bonchev–Trinajstić information content (AvgIpc) is 2.62. The van der Waals surface area contributed by atoms with Gasteiger partial charge in [-0.05, 0) is 60.4 Å². The summed E-state index contributed by atoms with van der Waals surface area (Å²) in [6.07, 6.45) is 0.391. The van der Waals surface area contributed by atoms with Gasteiger partial charge >= 0.3 is 0 Å². The van der Waals surface area contributed by atoms with Crippen molar-refractivity contribution >= 4 is 21.4 Å². The molecule has 0 saturated heterocycles. The van der Waals surface area contributed by atoms with Gasteiger partial charge in [-0.15, -0.1) is 0 Å². The Morgan fingerprint density at radius 1 is 0.704 bits per heavy atom. The molecule has 0 heterocycles. The SMILES string of the molecule is C=C(C)C(=O)Cc1ccc(S(=O)(=O)c2ccc(CC(=O)C(=C)C)cc2)cc1. The minimum atomic E-state index is -3.67. The van der Waals surface area contributed by atoms with E-state index < -0.39 is 9.84 Å². The molecular weight excluding hydrogens is 360 g/mol. The number of Topliss-reactive ketones (excluding diaryl/α,β-unsaturated/α-hetero) is 2. The molecule has 0 amide bonds. The van der Waals surface area contributed by atoms with E-state index in [1.54, 1.807) is 38.1 Å². The fraction of sp³-hybridized carbons (Fsp3) is 0.182. The third-order valence-corrected chi connectivity index (χ3v) is 5.93. The standard InChI is InChI=1S/C22H22O4S/c1-15(2)21(23)13-17-5-9-19(10-6-17)27(25,26)20-11-7-18(8-12-20)14-22(24)16(3)4/h5-12H,1,3,13-14H2,2,4H3. The van der Waals surface area contributed by atoms with Crippen LogP contribution in [-0.4, -0.2) is 20.0 Å². The first-order valence-electron chi connectivity index (χ1n) is 8.41. The molecule has 27 heavy (non-hydrogen) atoms.